The second-order valence-corrected chi connectivity index (χ2v) is 7.38. The molecule has 3 rings (SSSR count). The van der Waals surface area contributed by atoms with Crippen LogP contribution in [0, 0.1) is 5.82 Å². The molecule has 0 saturated heterocycles. The molecule has 0 saturated carbocycles. The number of amides is 1. The van der Waals surface area contributed by atoms with Crippen LogP contribution >= 0.6 is 0 Å². The Morgan fingerprint density at radius 1 is 1.25 bits per heavy atom. The number of aromatic nitrogens is 1. The van der Waals surface area contributed by atoms with Crippen molar-refractivity contribution in [3.63, 3.8) is 0 Å². The van der Waals surface area contributed by atoms with Crippen LogP contribution in [-0.4, -0.2) is 24.9 Å². The summed E-state index contributed by atoms with van der Waals surface area (Å²) >= 11 is 0. The molecule has 1 amide bonds. The molecule has 1 aliphatic heterocycles. The number of rotatable bonds is 3. The van der Waals surface area contributed by atoms with Crippen molar-refractivity contribution >= 4 is 27.4 Å². The Morgan fingerprint density at radius 3 is 2.58 bits per heavy atom. The van der Waals surface area contributed by atoms with Crippen molar-refractivity contribution in [2.45, 2.75) is 24.3 Å². The summed E-state index contributed by atoms with van der Waals surface area (Å²) in [7, 11) is -3.90. The minimum absolute atomic E-state index is 0.0869. The molecule has 126 valence electrons. The van der Waals surface area contributed by atoms with E-state index in [1.54, 1.807) is 13.8 Å². The van der Waals surface area contributed by atoms with Crippen LogP contribution in [0.1, 0.15) is 13.8 Å². The Kier molecular flexibility index (Phi) is 3.67. The fourth-order valence-corrected chi connectivity index (χ4v) is 3.11. The predicted octanol–water partition coefficient (Wildman–Crippen LogP) is 2.13. The fourth-order valence-electron chi connectivity index (χ4n) is 2.08. The zero-order valence-corrected chi connectivity index (χ0v) is 13.6. The third kappa shape index (κ3) is 3.02. The number of hydrogen-bond acceptors (Lipinski definition) is 5. The van der Waals surface area contributed by atoms with E-state index in [2.05, 4.69) is 15.0 Å². The minimum Gasteiger partial charge on any atom is -0.474 e. The van der Waals surface area contributed by atoms with Gasteiger partial charge in [0.2, 0.25) is 0 Å². The smallest absolute Gasteiger partial charge is 0.269 e. The molecule has 0 atom stereocenters. The number of benzene rings is 1. The Labute approximate surface area is 137 Å². The summed E-state index contributed by atoms with van der Waals surface area (Å²) in [5.41, 5.74) is -0.937. The SMILES string of the molecule is CC1(C)Oc2cc(NS(=O)(=O)c3ccc(F)cc3)cnc2NC1=O. The molecule has 1 aromatic carbocycles. The van der Waals surface area contributed by atoms with Crippen LogP contribution in [0.5, 0.6) is 5.75 Å². The Hall–Kier alpha value is -2.68. The van der Waals surface area contributed by atoms with Crippen LogP contribution in [0.2, 0.25) is 0 Å². The molecular weight excluding hydrogens is 337 g/mol. The lowest BCUT2D eigenvalue weighted by Crippen LogP contribution is -2.46. The number of halogens is 1. The first kappa shape index (κ1) is 16.2. The number of anilines is 2. The predicted molar refractivity (Wildman–Crippen MR) is 84.8 cm³/mol. The first-order valence-corrected chi connectivity index (χ1v) is 8.45. The lowest BCUT2D eigenvalue weighted by Gasteiger charge is -2.30. The highest BCUT2D eigenvalue weighted by Gasteiger charge is 2.36. The first-order valence-electron chi connectivity index (χ1n) is 6.96. The molecular formula is C15H14FN3O4S. The largest absolute Gasteiger partial charge is 0.474 e. The van der Waals surface area contributed by atoms with E-state index in [1.165, 1.54) is 12.3 Å². The van der Waals surface area contributed by atoms with Gasteiger partial charge in [0, 0.05) is 6.07 Å². The molecule has 0 unspecified atom stereocenters. The molecule has 0 fully saturated rings. The molecule has 0 aliphatic carbocycles. The Bertz CT molecular complexity index is 911. The maximum atomic E-state index is 12.9. The van der Waals surface area contributed by atoms with Crippen LogP contribution in [0.25, 0.3) is 0 Å². The molecule has 7 nitrogen and oxygen atoms in total. The Balaban J connectivity index is 1.89. The molecule has 2 aromatic rings. The van der Waals surface area contributed by atoms with Gasteiger partial charge in [0.05, 0.1) is 16.8 Å². The number of pyridine rings is 1. The quantitative estimate of drug-likeness (QED) is 0.883. The fraction of sp³-hybridized carbons (Fsp3) is 0.200. The van der Waals surface area contributed by atoms with Gasteiger partial charge in [-0.05, 0) is 38.1 Å². The number of carbonyl (C=O) groups is 1. The van der Waals surface area contributed by atoms with Gasteiger partial charge in [-0.3, -0.25) is 9.52 Å². The van der Waals surface area contributed by atoms with Crippen molar-refractivity contribution in [3.05, 3.63) is 42.3 Å². The first-order chi connectivity index (χ1) is 11.2. The Morgan fingerprint density at radius 2 is 1.92 bits per heavy atom. The van der Waals surface area contributed by atoms with E-state index in [4.69, 9.17) is 4.74 Å². The molecule has 2 N–H and O–H groups in total. The van der Waals surface area contributed by atoms with Crippen molar-refractivity contribution in [1.82, 2.24) is 4.98 Å². The van der Waals surface area contributed by atoms with Gasteiger partial charge < -0.3 is 10.1 Å². The maximum Gasteiger partial charge on any atom is 0.269 e. The molecule has 24 heavy (non-hydrogen) atoms. The summed E-state index contributed by atoms with van der Waals surface area (Å²) in [6.07, 6.45) is 1.25. The number of nitrogens with zero attached hydrogens (tertiary/aromatic N) is 1. The van der Waals surface area contributed by atoms with E-state index in [0.717, 1.165) is 24.3 Å². The van der Waals surface area contributed by atoms with Gasteiger partial charge >= 0.3 is 0 Å². The van der Waals surface area contributed by atoms with Crippen LogP contribution in [0.4, 0.5) is 15.9 Å². The standard InChI is InChI=1S/C15H14FN3O4S/c1-15(2)14(20)18-13-12(23-15)7-10(8-17-13)19-24(21,22)11-5-3-9(16)4-6-11/h3-8,19H,1-2H3,(H,17,18,20). The van der Waals surface area contributed by atoms with Gasteiger partial charge in [0.1, 0.15) is 5.82 Å². The topological polar surface area (TPSA) is 97.4 Å². The zero-order chi connectivity index (χ0) is 17.5. The number of sulfonamides is 1. The highest BCUT2D eigenvalue weighted by molar-refractivity contribution is 7.92. The van der Waals surface area contributed by atoms with Gasteiger partial charge in [0.15, 0.2) is 17.2 Å². The average molecular weight is 351 g/mol. The maximum absolute atomic E-state index is 12.9. The summed E-state index contributed by atoms with van der Waals surface area (Å²) in [6.45, 7) is 3.17. The number of hydrogen-bond donors (Lipinski definition) is 2. The van der Waals surface area contributed by atoms with Crippen molar-refractivity contribution in [1.29, 1.82) is 0 Å². The van der Waals surface area contributed by atoms with E-state index >= 15 is 0 Å². The molecule has 0 radical (unpaired) electrons. The van der Waals surface area contributed by atoms with Crippen molar-refractivity contribution < 1.29 is 22.3 Å². The molecule has 2 heterocycles. The number of ether oxygens (including phenoxy) is 1. The highest BCUT2D eigenvalue weighted by Crippen LogP contribution is 2.34. The van der Waals surface area contributed by atoms with E-state index in [9.17, 15) is 17.6 Å². The van der Waals surface area contributed by atoms with Crippen LogP contribution < -0.4 is 14.8 Å². The summed E-state index contributed by atoms with van der Waals surface area (Å²) in [5.74, 6) is -0.416. The second-order valence-electron chi connectivity index (χ2n) is 5.70. The number of fused-ring (bicyclic) bond motifs is 1. The lowest BCUT2D eigenvalue weighted by atomic mass is 10.1. The van der Waals surface area contributed by atoms with Gasteiger partial charge in [0.25, 0.3) is 15.9 Å². The van der Waals surface area contributed by atoms with Crippen molar-refractivity contribution in [2.24, 2.45) is 0 Å². The van der Waals surface area contributed by atoms with Gasteiger partial charge in [-0.2, -0.15) is 0 Å². The third-order valence-electron chi connectivity index (χ3n) is 3.37. The molecule has 1 aliphatic rings. The molecule has 0 bridgehead atoms. The average Bonchev–Trinajstić information content (AvgIpc) is 2.48. The van der Waals surface area contributed by atoms with Gasteiger partial charge in [-0.15, -0.1) is 0 Å². The van der Waals surface area contributed by atoms with E-state index in [-0.39, 0.29) is 28.1 Å². The van der Waals surface area contributed by atoms with Gasteiger partial charge in [-0.1, -0.05) is 0 Å². The second kappa shape index (κ2) is 5.45. The number of carbonyl (C=O) groups excluding carboxylic acids is 1. The zero-order valence-electron chi connectivity index (χ0n) is 12.8. The number of nitrogens with one attached hydrogen (secondary N) is 2. The minimum atomic E-state index is -3.90. The normalized spacial score (nSPS) is 15.9. The van der Waals surface area contributed by atoms with Crippen molar-refractivity contribution in [3.8, 4) is 5.75 Å². The summed E-state index contributed by atoms with van der Waals surface area (Å²) in [4.78, 5) is 15.7. The van der Waals surface area contributed by atoms with E-state index in [0.29, 0.717) is 0 Å². The monoisotopic (exact) mass is 351 g/mol. The van der Waals surface area contributed by atoms with E-state index in [1.807, 2.05) is 0 Å². The van der Waals surface area contributed by atoms with Crippen LogP contribution in [0.3, 0.4) is 0 Å². The van der Waals surface area contributed by atoms with Crippen LogP contribution in [0.15, 0.2) is 41.4 Å². The summed E-state index contributed by atoms with van der Waals surface area (Å²) in [5, 5.41) is 2.58. The summed E-state index contributed by atoms with van der Waals surface area (Å²) in [6, 6.07) is 5.85. The molecule has 1 aromatic heterocycles. The van der Waals surface area contributed by atoms with E-state index < -0.39 is 21.4 Å². The van der Waals surface area contributed by atoms with Crippen molar-refractivity contribution in [2.75, 3.05) is 10.0 Å². The molecule has 9 heteroatoms. The third-order valence-corrected chi connectivity index (χ3v) is 4.77. The lowest BCUT2D eigenvalue weighted by molar-refractivity contribution is -0.129. The van der Waals surface area contributed by atoms with Gasteiger partial charge in [-0.25, -0.2) is 17.8 Å². The highest BCUT2D eigenvalue weighted by atomic mass is 32.2. The van der Waals surface area contributed by atoms with Crippen LogP contribution in [-0.2, 0) is 14.8 Å². The molecule has 0 spiro atoms. The summed E-state index contributed by atoms with van der Waals surface area (Å²) < 4.78 is 45.4.